The Labute approximate surface area is 130 Å². The Morgan fingerprint density at radius 3 is 2.30 bits per heavy atom. The lowest BCUT2D eigenvalue weighted by Gasteiger charge is -2.37. The zero-order valence-electron chi connectivity index (χ0n) is 12.0. The van der Waals surface area contributed by atoms with Crippen LogP contribution in [0, 0.1) is 0 Å². The molecule has 23 heavy (non-hydrogen) atoms. The summed E-state index contributed by atoms with van der Waals surface area (Å²) in [6, 6.07) is 0. The van der Waals surface area contributed by atoms with Crippen LogP contribution in [-0.2, 0) is 14.2 Å². The van der Waals surface area contributed by atoms with Crippen molar-refractivity contribution < 1.29 is 55.1 Å². The minimum Gasteiger partial charge on any atom is -0.391 e. The average Bonchev–Trinajstić information content (AvgIpc) is 2.75. The summed E-state index contributed by atoms with van der Waals surface area (Å²) in [5.74, 6) is -2.35. The average molecular weight is 342 g/mol. The molecule has 0 radical (unpaired) electrons. The van der Waals surface area contributed by atoms with Crippen molar-refractivity contribution in [2.75, 3.05) is 19.8 Å². The topological polar surface area (TPSA) is 190 Å². The van der Waals surface area contributed by atoms with Crippen molar-refractivity contribution in [1.82, 2.24) is 0 Å². The number of rotatable bonds is 5. The highest BCUT2D eigenvalue weighted by atomic mass is 16.7. The molecule has 0 spiro atoms. The van der Waals surface area contributed by atoms with Crippen molar-refractivity contribution in [3.05, 3.63) is 0 Å². The van der Waals surface area contributed by atoms with E-state index in [0.717, 1.165) is 0 Å². The molecule has 2 saturated heterocycles. The van der Waals surface area contributed by atoms with Crippen molar-refractivity contribution in [3.8, 4) is 0 Å². The first-order valence-corrected chi connectivity index (χ1v) is 7.04. The molecule has 2 rings (SSSR count). The van der Waals surface area contributed by atoms with Crippen LogP contribution in [0.15, 0.2) is 0 Å². The van der Waals surface area contributed by atoms with Crippen LogP contribution in [-0.4, -0.2) is 115 Å². The van der Waals surface area contributed by atoms with E-state index >= 15 is 0 Å². The molecule has 0 bridgehead atoms. The third-order valence-corrected chi connectivity index (χ3v) is 4.00. The van der Waals surface area contributed by atoms with Crippen molar-refractivity contribution in [1.29, 1.82) is 0 Å². The van der Waals surface area contributed by atoms with Gasteiger partial charge in [-0.25, -0.2) is 0 Å². The van der Waals surface area contributed by atoms with Crippen molar-refractivity contribution in [2.45, 2.75) is 54.8 Å². The van der Waals surface area contributed by atoms with E-state index in [2.05, 4.69) is 0 Å². The predicted octanol–water partition coefficient (Wildman–Crippen LogP) is -5.40. The first kappa shape index (κ1) is 18.9. The quantitative estimate of drug-likeness (QED) is 0.223. The molecule has 1 unspecified atom stereocenters. The lowest BCUT2D eigenvalue weighted by Crippen LogP contribution is -2.57. The fourth-order valence-electron chi connectivity index (χ4n) is 2.50. The summed E-state index contributed by atoms with van der Waals surface area (Å²) in [5.41, 5.74) is 0. The molecule has 0 aromatic heterocycles. The Balaban J connectivity index is 1.88. The van der Waals surface area contributed by atoms with Gasteiger partial charge in [0.05, 0.1) is 19.8 Å². The summed E-state index contributed by atoms with van der Waals surface area (Å²) in [7, 11) is 0. The summed E-state index contributed by atoms with van der Waals surface area (Å²) in [5, 5.41) is 76.3. The van der Waals surface area contributed by atoms with Gasteiger partial charge in [-0.2, -0.15) is 0 Å². The molecule has 8 N–H and O–H groups in total. The Morgan fingerprint density at radius 2 is 1.74 bits per heavy atom. The summed E-state index contributed by atoms with van der Waals surface area (Å²) < 4.78 is 14.8. The van der Waals surface area contributed by atoms with Crippen LogP contribution in [0.4, 0.5) is 0 Å². The number of aliphatic hydroxyl groups excluding tert-OH is 7. The van der Waals surface area contributed by atoms with E-state index in [1.54, 1.807) is 0 Å². The summed E-state index contributed by atoms with van der Waals surface area (Å²) in [6.45, 7) is -1.79. The summed E-state index contributed by atoms with van der Waals surface area (Å²) >= 11 is 0. The number of hydrogen-bond acceptors (Lipinski definition) is 11. The SMILES string of the molecule is OC[C@@]1(O)O[C@H](COC(O)[C@H]2OC[C@@H](O)[C@@H](O)[C@H]2O)[C@@H](O)[C@H]1O. The Kier molecular flexibility index (Phi) is 5.92. The molecule has 2 heterocycles. The van der Waals surface area contributed by atoms with Crippen LogP contribution in [0.3, 0.4) is 0 Å². The monoisotopic (exact) mass is 342 g/mol. The third-order valence-electron chi connectivity index (χ3n) is 4.00. The Morgan fingerprint density at radius 1 is 1.09 bits per heavy atom. The van der Waals surface area contributed by atoms with Gasteiger partial charge < -0.3 is 55.1 Å². The molecule has 0 aliphatic carbocycles. The van der Waals surface area contributed by atoms with Gasteiger partial charge in [-0.3, -0.25) is 0 Å². The second-order valence-electron chi connectivity index (χ2n) is 5.67. The molecule has 0 amide bonds. The maximum Gasteiger partial charge on any atom is 0.219 e. The highest BCUT2D eigenvalue weighted by Crippen LogP contribution is 2.29. The van der Waals surface area contributed by atoms with E-state index in [-0.39, 0.29) is 6.61 Å². The third kappa shape index (κ3) is 3.65. The molecule has 2 aliphatic rings. The van der Waals surface area contributed by atoms with Gasteiger partial charge in [0.25, 0.3) is 0 Å². The lowest BCUT2D eigenvalue weighted by molar-refractivity contribution is -0.276. The van der Waals surface area contributed by atoms with Gasteiger partial charge in [-0.1, -0.05) is 0 Å². The molecule has 2 fully saturated rings. The maximum atomic E-state index is 9.84. The normalized spacial score (nSPS) is 49.3. The van der Waals surface area contributed by atoms with E-state index in [1.165, 1.54) is 0 Å². The molecule has 0 aromatic rings. The van der Waals surface area contributed by atoms with Crippen LogP contribution < -0.4 is 0 Å². The van der Waals surface area contributed by atoms with Gasteiger partial charge >= 0.3 is 0 Å². The molecule has 11 heteroatoms. The Hall–Kier alpha value is -0.440. The smallest absolute Gasteiger partial charge is 0.219 e. The Bertz CT molecular complexity index is 395. The van der Waals surface area contributed by atoms with Gasteiger partial charge in [-0.15, -0.1) is 0 Å². The largest absolute Gasteiger partial charge is 0.391 e. The minimum atomic E-state index is -2.35. The highest BCUT2D eigenvalue weighted by molar-refractivity contribution is 4.95. The first-order valence-electron chi connectivity index (χ1n) is 7.04. The van der Waals surface area contributed by atoms with Gasteiger partial charge in [0, 0.05) is 0 Å². The van der Waals surface area contributed by atoms with Crippen molar-refractivity contribution in [2.24, 2.45) is 0 Å². The molecule has 0 saturated carbocycles. The maximum absolute atomic E-state index is 9.84. The molecule has 11 nitrogen and oxygen atoms in total. The van der Waals surface area contributed by atoms with Gasteiger partial charge in [-0.05, 0) is 0 Å². The van der Waals surface area contributed by atoms with Crippen LogP contribution in [0.2, 0.25) is 0 Å². The molecule has 9 atom stereocenters. The van der Waals surface area contributed by atoms with Gasteiger partial charge in [0.1, 0.15) is 42.7 Å². The predicted molar refractivity (Wildman–Crippen MR) is 68.6 cm³/mol. The van der Waals surface area contributed by atoms with E-state index < -0.39 is 68.0 Å². The van der Waals surface area contributed by atoms with Gasteiger partial charge in [0.15, 0.2) is 6.29 Å². The van der Waals surface area contributed by atoms with Crippen LogP contribution in [0.5, 0.6) is 0 Å². The van der Waals surface area contributed by atoms with Crippen LogP contribution >= 0.6 is 0 Å². The molecular weight excluding hydrogens is 320 g/mol. The number of hydrogen-bond donors (Lipinski definition) is 8. The lowest BCUT2D eigenvalue weighted by atomic mass is 10.00. The fourth-order valence-corrected chi connectivity index (χ4v) is 2.50. The second kappa shape index (κ2) is 7.21. The summed E-state index contributed by atoms with van der Waals surface area (Å²) in [6.07, 6.45) is -12.1. The van der Waals surface area contributed by atoms with Crippen LogP contribution in [0.1, 0.15) is 0 Å². The molecule has 0 aromatic carbocycles. The highest BCUT2D eigenvalue weighted by Gasteiger charge is 2.53. The van der Waals surface area contributed by atoms with E-state index in [1.807, 2.05) is 0 Å². The fraction of sp³-hybridized carbons (Fsp3) is 1.00. The molecule has 136 valence electrons. The van der Waals surface area contributed by atoms with Crippen LogP contribution in [0.25, 0.3) is 0 Å². The summed E-state index contributed by atoms with van der Waals surface area (Å²) in [4.78, 5) is 0. The molecular formula is C12H22O11. The van der Waals surface area contributed by atoms with E-state index in [0.29, 0.717) is 0 Å². The van der Waals surface area contributed by atoms with E-state index in [9.17, 15) is 35.7 Å². The van der Waals surface area contributed by atoms with Crippen molar-refractivity contribution in [3.63, 3.8) is 0 Å². The standard InChI is InChI=1S/C12H22O11/c13-3-12(20)10(18)7(16)5(23-12)2-22-11(19)9-8(17)6(15)4(14)1-21-9/h4-11,13-20H,1-3H2/t4-,5-,6-,7-,8-,9+,10-,11?,12-/m1/s1. The molecule has 2 aliphatic heterocycles. The zero-order chi connectivity index (χ0) is 17.4. The van der Waals surface area contributed by atoms with Gasteiger partial charge in [0.2, 0.25) is 5.79 Å². The minimum absolute atomic E-state index is 0.325. The number of aliphatic hydroxyl groups is 8. The zero-order valence-corrected chi connectivity index (χ0v) is 12.0. The van der Waals surface area contributed by atoms with Crippen molar-refractivity contribution >= 4 is 0 Å². The second-order valence-corrected chi connectivity index (χ2v) is 5.67. The number of ether oxygens (including phenoxy) is 3. The first-order chi connectivity index (χ1) is 10.7. The van der Waals surface area contributed by atoms with E-state index in [4.69, 9.17) is 19.3 Å².